The van der Waals surface area contributed by atoms with Crippen molar-refractivity contribution in [3.05, 3.63) is 4.73 Å². The molecular weight excluding hydrogens is 481 g/mol. The molecule has 2 aromatic heterocycles. The minimum atomic E-state index is -3.36. The van der Waals surface area contributed by atoms with Crippen molar-refractivity contribution < 1.29 is 32.4 Å². The summed E-state index contributed by atoms with van der Waals surface area (Å²) in [6.45, 7) is 8.54. The summed E-state index contributed by atoms with van der Waals surface area (Å²) in [5.41, 5.74) is 7.13. The standard InChI is InChI=1S/C17H29BrN5O6P/c1-11(2)28-30(24,29-12(3)4)10-26-7-6-23-15-13(20-16(23)18)14(19)21-17(22-15)27-9-8-25-5/h11-12H,6-10H2,1-5H3,(H2,19,21,22)/p+1. The number of nitrogens with one attached hydrogen (secondary N) is 1. The van der Waals surface area contributed by atoms with Gasteiger partial charge < -0.3 is 29.0 Å². The van der Waals surface area contributed by atoms with E-state index in [4.69, 9.17) is 29.0 Å². The molecule has 0 bridgehead atoms. The van der Waals surface area contributed by atoms with E-state index in [0.717, 1.165) is 0 Å². The number of nitrogens with zero attached hydrogens (tertiary/aromatic N) is 3. The number of aromatic amines is 1. The molecule has 0 unspecified atom stereocenters. The molecule has 0 aliphatic heterocycles. The van der Waals surface area contributed by atoms with Crippen molar-refractivity contribution in [3.63, 3.8) is 0 Å². The van der Waals surface area contributed by atoms with E-state index in [1.54, 1.807) is 34.8 Å². The Hall–Kier alpha value is -1.30. The van der Waals surface area contributed by atoms with E-state index in [1.165, 1.54) is 0 Å². The average Bonchev–Trinajstić information content (AvgIpc) is 2.94. The summed E-state index contributed by atoms with van der Waals surface area (Å²) in [4.78, 5) is 11.6. The van der Waals surface area contributed by atoms with Crippen molar-refractivity contribution in [2.24, 2.45) is 0 Å². The van der Waals surface area contributed by atoms with Gasteiger partial charge in [-0.1, -0.05) is 0 Å². The smallest absolute Gasteiger partial charge is 0.397 e. The molecule has 13 heteroatoms. The highest BCUT2D eigenvalue weighted by Gasteiger charge is 2.29. The minimum Gasteiger partial charge on any atom is -0.449 e. The number of H-pyrrole nitrogens is 1. The van der Waals surface area contributed by atoms with Gasteiger partial charge in [-0.05, 0) is 32.7 Å². The Bertz CT molecular complexity index is 864. The fraction of sp³-hybridized carbons (Fsp3) is 0.706. The molecule has 3 N–H and O–H groups in total. The molecule has 0 saturated carbocycles. The van der Waals surface area contributed by atoms with Crippen LogP contribution in [0.25, 0.3) is 11.2 Å². The average molecular weight is 511 g/mol. The molecule has 2 heterocycles. The van der Waals surface area contributed by atoms with Crippen LogP contribution < -0.4 is 15.0 Å². The largest absolute Gasteiger partial charge is 0.449 e. The SMILES string of the molecule is COCCOc1nc(N)c2[nH]c(Br)[n+](CCOCP(=O)(OC(C)C)OC(C)C)c2n1. The first-order valence-corrected chi connectivity index (χ1v) is 12.1. The van der Waals surface area contributed by atoms with Gasteiger partial charge in [0.05, 0.1) is 32.0 Å². The van der Waals surface area contributed by atoms with Crippen molar-refractivity contribution in [2.75, 3.05) is 39.0 Å². The van der Waals surface area contributed by atoms with E-state index < -0.39 is 7.60 Å². The van der Waals surface area contributed by atoms with Crippen LogP contribution in [-0.2, 0) is 29.6 Å². The van der Waals surface area contributed by atoms with E-state index in [2.05, 4.69) is 30.9 Å². The number of hydrogen-bond donors (Lipinski definition) is 2. The second-order valence-corrected chi connectivity index (χ2v) is 9.61. The van der Waals surface area contributed by atoms with E-state index in [1.807, 2.05) is 4.57 Å². The van der Waals surface area contributed by atoms with Crippen LogP contribution in [-0.4, -0.2) is 60.4 Å². The summed E-state index contributed by atoms with van der Waals surface area (Å²) >= 11 is 3.45. The van der Waals surface area contributed by atoms with Crippen LogP contribution in [0.3, 0.4) is 0 Å². The van der Waals surface area contributed by atoms with Crippen molar-refractivity contribution in [1.82, 2.24) is 15.0 Å². The van der Waals surface area contributed by atoms with E-state index in [9.17, 15) is 4.57 Å². The van der Waals surface area contributed by atoms with Gasteiger partial charge in [0.1, 0.15) is 13.0 Å². The van der Waals surface area contributed by atoms with Gasteiger partial charge in [-0.2, -0.15) is 4.98 Å². The molecule has 0 saturated heterocycles. The van der Waals surface area contributed by atoms with Crippen LogP contribution in [0.4, 0.5) is 5.82 Å². The van der Waals surface area contributed by atoms with E-state index >= 15 is 0 Å². The third-order valence-corrected chi connectivity index (χ3v) is 6.20. The monoisotopic (exact) mass is 510 g/mol. The zero-order valence-electron chi connectivity index (χ0n) is 17.9. The molecule has 0 aliphatic rings. The Morgan fingerprint density at radius 1 is 1.13 bits per heavy atom. The number of halogens is 1. The number of ether oxygens (including phenoxy) is 3. The lowest BCUT2D eigenvalue weighted by Gasteiger charge is -2.22. The van der Waals surface area contributed by atoms with E-state index in [0.29, 0.717) is 35.7 Å². The summed E-state index contributed by atoms with van der Waals surface area (Å²) in [5, 5.41) is 0. The Labute approximate surface area is 184 Å². The number of methoxy groups -OCH3 is 1. The van der Waals surface area contributed by atoms with Gasteiger partial charge in [0, 0.05) is 23.0 Å². The van der Waals surface area contributed by atoms with Crippen LogP contribution in [0.1, 0.15) is 27.7 Å². The molecule has 0 amide bonds. The maximum absolute atomic E-state index is 12.8. The summed E-state index contributed by atoms with van der Waals surface area (Å²) in [6, 6.07) is 0.151. The van der Waals surface area contributed by atoms with Gasteiger partial charge in [-0.3, -0.25) is 9.55 Å². The lowest BCUT2D eigenvalue weighted by Crippen LogP contribution is -2.37. The fourth-order valence-corrected chi connectivity index (χ4v) is 4.92. The minimum absolute atomic E-state index is 0.146. The Morgan fingerprint density at radius 2 is 1.80 bits per heavy atom. The Kier molecular flexibility index (Phi) is 9.45. The second-order valence-electron chi connectivity index (χ2n) is 6.96. The van der Waals surface area contributed by atoms with E-state index in [-0.39, 0.29) is 37.0 Å². The van der Waals surface area contributed by atoms with Crippen LogP contribution in [0.2, 0.25) is 0 Å². The predicted octanol–water partition coefficient (Wildman–Crippen LogP) is 2.63. The fourth-order valence-electron chi connectivity index (χ4n) is 2.57. The normalized spacial score (nSPS) is 12.4. The third kappa shape index (κ3) is 7.14. The van der Waals surface area contributed by atoms with Crippen molar-refractivity contribution in [1.29, 1.82) is 0 Å². The Morgan fingerprint density at radius 3 is 2.40 bits per heavy atom. The first kappa shape index (κ1) is 25.0. The van der Waals surface area contributed by atoms with Crippen LogP contribution in [0.15, 0.2) is 4.73 Å². The summed E-state index contributed by atoms with van der Waals surface area (Å²) < 4.78 is 42.3. The molecule has 0 fully saturated rings. The molecular formula is C17H30BrN5O6P+. The number of hydrogen-bond acceptors (Lipinski definition) is 9. The Balaban J connectivity index is 2.07. The van der Waals surface area contributed by atoms with Crippen molar-refractivity contribution in [3.8, 4) is 6.01 Å². The maximum Gasteiger partial charge on any atom is 0.397 e. The number of anilines is 1. The number of aromatic nitrogens is 4. The predicted molar refractivity (Wildman–Crippen MR) is 114 cm³/mol. The molecule has 2 rings (SSSR count). The van der Waals surface area contributed by atoms with Gasteiger partial charge >= 0.3 is 19.3 Å². The van der Waals surface area contributed by atoms with Crippen LogP contribution in [0, 0.1) is 0 Å². The first-order valence-electron chi connectivity index (χ1n) is 9.55. The summed E-state index contributed by atoms with van der Waals surface area (Å²) in [6.07, 6.45) is -0.634. The topological polar surface area (TPSA) is 135 Å². The first-order chi connectivity index (χ1) is 14.1. The molecule has 0 spiro atoms. The molecule has 0 atom stereocenters. The molecule has 2 aromatic rings. The molecule has 170 valence electrons. The lowest BCUT2D eigenvalue weighted by atomic mass is 10.5. The van der Waals surface area contributed by atoms with Gasteiger partial charge in [0.2, 0.25) is 5.52 Å². The highest BCUT2D eigenvalue weighted by molar-refractivity contribution is 9.10. The lowest BCUT2D eigenvalue weighted by molar-refractivity contribution is -0.685. The van der Waals surface area contributed by atoms with Gasteiger partial charge in [-0.15, -0.1) is 0 Å². The van der Waals surface area contributed by atoms with Crippen LogP contribution >= 0.6 is 23.5 Å². The van der Waals surface area contributed by atoms with Crippen LogP contribution in [0.5, 0.6) is 6.01 Å². The number of rotatable bonds is 13. The molecule has 30 heavy (non-hydrogen) atoms. The zero-order chi connectivity index (χ0) is 22.3. The molecule has 0 aliphatic carbocycles. The third-order valence-electron chi connectivity index (χ3n) is 3.59. The summed E-state index contributed by atoms with van der Waals surface area (Å²) in [7, 11) is -1.78. The number of imidazole rings is 1. The highest BCUT2D eigenvalue weighted by Crippen LogP contribution is 2.50. The maximum atomic E-state index is 12.8. The second kappa shape index (κ2) is 11.4. The summed E-state index contributed by atoms with van der Waals surface area (Å²) in [5.74, 6) is 0.257. The zero-order valence-corrected chi connectivity index (χ0v) is 20.4. The molecule has 0 aromatic carbocycles. The van der Waals surface area contributed by atoms with Gasteiger partial charge in [0.25, 0.3) is 4.73 Å². The number of nitrogen functional groups attached to an aromatic ring is 1. The van der Waals surface area contributed by atoms with Gasteiger partial charge in [-0.25, -0.2) is 4.57 Å². The highest BCUT2D eigenvalue weighted by atomic mass is 79.9. The molecule has 11 nitrogen and oxygen atoms in total. The molecule has 0 radical (unpaired) electrons. The van der Waals surface area contributed by atoms with Crippen molar-refractivity contribution in [2.45, 2.75) is 46.4 Å². The number of nitrogens with two attached hydrogens (primary N) is 1. The quantitative estimate of drug-likeness (QED) is 0.180. The number of fused-ring (bicyclic) bond motifs is 1. The van der Waals surface area contributed by atoms with Gasteiger partial charge in [0.15, 0.2) is 5.82 Å². The van der Waals surface area contributed by atoms with Crippen molar-refractivity contribution >= 4 is 40.5 Å².